The Bertz CT molecular complexity index is 556. The number of nitrogens with one attached hydrogen (secondary N) is 1. The number of halogens is 2. The lowest BCUT2D eigenvalue weighted by Gasteiger charge is -2.33. The topological polar surface area (TPSA) is 54.5 Å². The monoisotopic (exact) mass is 325 g/mol. The maximum Gasteiger partial charge on any atom is 0.273 e. The van der Waals surface area contributed by atoms with Crippen LogP contribution >= 0.6 is 0 Å². The van der Waals surface area contributed by atoms with Crippen LogP contribution < -0.4 is 5.32 Å². The van der Waals surface area contributed by atoms with Crippen LogP contribution in [0.4, 0.5) is 8.78 Å². The highest BCUT2D eigenvalue weighted by Crippen LogP contribution is 2.18. The van der Waals surface area contributed by atoms with Gasteiger partial charge in [-0.15, -0.1) is 0 Å². The van der Waals surface area contributed by atoms with Gasteiger partial charge in [0.25, 0.3) is 5.91 Å². The summed E-state index contributed by atoms with van der Waals surface area (Å²) in [7, 11) is 0. The van der Waals surface area contributed by atoms with Crippen LogP contribution in [0.2, 0.25) is 0 Å². The van der Waals surface area contributed by atoms with E-state index >= 15 is 0 Å². The predicted molar refractivity (Wildman–Crippen MR) is 80.0 cm³/mol. The molecule has 5 nitrogen and oxygen atoms in total. The minimum absolute atomic E-state index is 0.00447. The van der Waals surface area contributed by atoms with Gasteiger partial charge in [0.1, 0.15) is 5.82 Å². The third kappa shape index (κ3) is 4.23. The van der Waals surface area contributed by atoms with Crippen molar-refractivity contribution < 1.29 is 18.3 Å². The number of aromatic nitrogens is 1. The summed E-state index contributed by atoms with van der Waals surface area (Å²) in [5.41, 5.74) is -0.350. The molecule has 1 aromatic rings. The van der Waals surface area contributed by atoms with E-state index < -0.39 is 17.5 Å². The van der Waals surface area contributed by atoms with Gasteiger partial charge in [-0.25, -0.2) is 13.8 Å². The van der Waals surface area contributed by atoms with Crippen LogP contribution in [0.25, 0.3) is 0 Å². The molecule has 7 heteroatoms. The minimum Gasteiger partial charge on any atom is -0.381 e. The zero-order valence-corrected chi connectivity index (χ0v) is 12.9. The van der Waals surface area contributed by atoms with Crippen LogP contribution in [0.5, 0.6) is 0 Å². The highest BCUT2D eigenvalue weighted by Gasteiger charge is 2.25. The zero-order valence-electron chi connectivity index (χ0n) is 12.9. The quantitative estimate of drug-likeness (QED) is 0.913. The second-order valence-corrected chi connectivity index (χ2v) is 6.26. The van der Waals surface area contributed by atoms with Crippen molar-refractivity contribution in [3.05, 3.63) is 29.6 Å². The van der Waals surface area contributed by atoms with Gasteiger partial charge in [-0.2, -0.15) is 0 Å². The SMILES string of the molecule is O=C(NC1CCN(CC2CCOC2)CC1)c1ncc(F)cc1F. The molecule has 2 aliphatic rings. The number of amides is 1. The van der Waals surface area contributed by atoms with Gasteiger partial charge in [0.2, 0.25) is 0 Å². The summed E-state index contributed by atoms with van der Waals surface area (Å²) in [6, 6.07) is 0.679. The number of rotatable bonds is 4. The van der Waals surface area contributed by atoms with Crippen LogP contribution in [0.15, 0.2) is 12.3 Å². The van der Waals surface area contributed by atoms with E-state index in [2.05, 4.69) is 15.2 Å². The van der Waals surface area contributed by atoms with Crippen LogP contribution in [-0.2, 0) is 4.74 Å². The molecule has 0 aliphatic carbocycles. The van der Waals surface area contributed by atoms with E-state index in [1.165, 1.54) is 0 Å². The fourth-order valence-electron chi connectivity index (χ4n) is 3.19. The first-order chi connectivity index (χ1) is 11.1. The summed E-state index contributed by atoms with van der Waals surface area (Å²) in [6.07, 6.45) is 3.61. The number of carbonyl (C=O) groups is 1. The van der Waals surface area contributed by atoms with Crippen LogP contribution in [0.3, 0.4) is 0 Å². The first-order valence-corrected chi connectivity index (χ1v) is 8.04. The van der Waals surface area contributed by atoms with E-state index in [1.54, 1.807) is 0 Å². The van der Waals surface area contributed by atoms with Crippen molar-refractivity contribution in [1.82, 2.24) is 15.2 Å². The standard InChI is InChI=1S/C16H21F2N3O2/c17-12-7-14(18)15(19-8-12)16(22)20-13-1-4-21(5-2-13)9-11-3-6-23-10-11/h7-8,11,13H,1-6,9-10H2,(H,20,22). The first-order valence-electron chi connectivity index (χ1n) is 8.04. The molecule has 23 heavy (non-hydrogen) atoms. The van der Waals surface area contributed by atoms with Gasteiger partial charge in [-0.1, -0.05) is 0 Å². The maximum absolute atomic E-state index is 13.6. The van der Waals surface area contributed by atoms with Gasteiger partial charge in [0.05, 0.1) is 12.8 Å². The van der Waals surface area contributed by atoms with Gasteiger partial charge in [0, 0.05) is 38.3 Å². The second kappa shape index (κ2) is 7.31. The van der Waals surface area contributed by atoms with Crippen molar-refractivity contribution in [3.63, 3.8) is 0 Å². The number of ether oxygens (including phenoxy) is 1. The Balaban J connectivity index is 1.47. The van der Waals surface area contributed by atoms with Crippen molar-refractivity contribution in [3.8, 4) is 0 Å². The van der Waals surface area contributed by atoms with E-state index in [-0.39, 0.29) is 11.7 Å². The van der Waals surface area contributed by atoms with Gasteiger partial charge in [-0.05, 0) is 25.2 Å². The van der Waals surface area contributed by atoms with E-state index in [0.717, 1.165) is 58.3 Å². The first kappa shape index (κ1) is 16.3. The average molecular weight is 325 g/mol. The molecule has 0 spiro atoms. The van der Waals surface area contributed by atoms with E-state index in [0.29, 0.717) is 12.0 Å². The molecule has 3 heterocycles. The fraction of sp³-hybridized carbons (Fsp3) is 0.625. The van der Waals surface area contributed by atoms with Crippen LogP contribution in [-0.4, -0.2) is 54.7 Å². The molecule has 1 N–H and O–H groups in total. The summed E-state index contributed by atoms with van der Waals surface area (Å²) in [5, 5.41) is 2.79. The predicted octanol–water partition coefficient (Wildman–Crippen LogP) is 1.59. The molecule has 1 aromatic heterocycles. The molecule has 1 amide bonds. The Labute approximate surface area is 134 Å². The molecule has 2 saturated heterocycles. The molecule has 1 unspecified atom stereocenters. The summed E-state index contributed by atoms with van der Waals surface area (Å²) in [5.74, 6) is -1.69. The number of piperidine rings is 1. The van der Waals surface area contributed by atoms with Crippen molar-refractivity contribution in [1.29, 1.82) is 0 Å². The van der Waals surface area contributed by atoms with E-state index in [9.17, 15) is 13.6 Å². The van der Waals surface area contributed by atoms with Crippen LogP contribution in [0.1, 0.15) is 29.8 Å². The van der Waals surface area contributed by atoms with Gasteiger partial charge in [0.15, 0.2) is 11.5 Å². The van der Waals surface area contributed by atoms with E-state index in [4.69, 9.17) is 4.74 Å². The molecule has 0 saturated carbocycles. The molecule has 2 fully saturated rings. The number of hydrogen-bond acceptors (Lipinski definition) is 4. The Hall–Kier alpha value is -1.60. The Morgan fingerprint density at radius 3 is 2.78 bits per heavy atom. The lowest BCUT2D eigenvalue weighted by Crippen LogP contribution is -2.46. The second-order valence-electron chi connectivity index (χ2n) is 6.26. The van der Waals surface area contributed by atoms with Crippen molar-refractivity contribution in [2.75, 3.05) is 32.8 Å². The molecule has 2 aliphatic heterocycles. The highest BCUT2D eigenvalue weighted by atomic mass is 19.1. The lowest BCUT2D eigenvalue weighted by molar-refractivity contribution is 0.0893. The van der Waals surface area contributed by atoms with Crippen molar-refractivity contribution in [2.45, 2.75) is 25.3 Å². The Morgan fingerprint density at radius 1 is 1.35 bits per heavy atom. The average Bonchev–Trinajstić information content (AvgIpc) is 3.02. The molecule has 126 valence electrons. The maximum atomic E-state index is 13.6. The largest absolute Gasteiger partial charge is 0.381 e. The number of likely N-dealkylation sites (tertiary alicyclic amines) is 1. The zero-order chi connectivity index (χ0) is 16.2. The molecular formula is C16H21F2N3O2. The third-order valence-corrected chi connectivity index (χ3v) is 4.49. The molecule has 0 bridgehead atoms. The molecule has 0 radical (unpaired) electrons. The number of hydrogen-bond donors (Lipinski definition) is 1. The third-order valence-electron chi connectivity index (χ3n) is 4.49. The van der Waals surface area contributed by atoms with Gasteiger partial charge < -0.3 is 15.0 Å². The van der Waals surface area contributed by atoms with Crippen molar-refractivity contribution in [2.24, 2.45) is 5.92 Å². The fourth-order valence-corrected chi connectivity index (χ4v) is 3.19. The summed E-state index contributed by atoms with van der Waals surface area (Å²) < 4.78 is 31.8. The summed E-state index contributed by atoms with van der Waals surface area (Å²) in [4.78, 5) is 18.0. The Kier molecular flexibility index (Phi) is 5.17. The van der Waals surface area contributed by atoms with Crippen molar-refractivity contribution >= 4 is 5.91 Å². The molecule has 1 atom stereocenters. The number of carbonyl (C=O) groups excluding carboxylic acids is 1. The Morgan fingerprint density at radius 2 is 2.13 bits per heavy atom. The summed E-state index contributed by atoms with van der Waals surface area (Å²) >= 11 is 0. The minimum atomic E-state index is -0.929. The normalized spacial score (nSPS) is 23.1. The van der Waals surface area contributed by atoms with E-state index in [1.807, 2.05) is 0 Å². The summed E-state index contributed by atoms with van der Waals surface area (Å²) in [6.45, 7) is 4.54. The van der Waals surface area contributed by atoms with Gasteiger partial charge in [-0.3, -0.25) is 4.79 Å². The number of nitrogens with zero attached hydrogens (tertiary/aromatic N) is 2. The number of pyridine rings is 1. The smallest absolute Gasteiger partial charge is 0.273 e. The van der Waals surface area contributed by atoms with Gasteiger partial charge >= 0.3 is 0 Å². The lowest BCUT2D eigenvalue weighted by atomic mass is 10.0. The molecular weight excluding hydrogens is 304 g/mol. The highest BCUT2D eigenvalue weighted by molar-refractivity contribution is 5.92. The van der Waals surface area contributed by atoms with Crippen LogP contribution in [0, 0.1) is 17.6 Å². The molecule has 3 rings (SSSR count). The molecule has 0 aromatic carbocycles.